The minimum atomic E-state index is 0.0297. The van der Waals surface area contributed by atoms with Gasteiger partial charge in [-0.15, -0.1) is 0 Å². The van der Waals surface area contributed by atoms with Crippen LogP contribution in [0.2, 0.25) is 0 Å². The minimum Gasteiger partial charge on any atom is -0.454 e. The van der Waals surface area contributed by atoms with Gasteiger partial charge in [-0.1, -0.05) is 0 Å². The number of aromatic nitrogens is 2. The third-order valence-electron chi connectivity index (χ3n) is 4.35. The molecule has 1 unspecified atom stereocenters. The predicted octanol–water partition coefficient (Wildman–Crippen LogP) is 2.23. The zero-order valence-corrected chi connectivity index (χ0v) is 12.6. The molecule has 1 atom stereocenters. The maximum atomic E-state index is 12.8. The Hall–Kier alpha value is -2.63. The van der Waals surface area contributed by atoms with Crippen LogP contribution < -0.4 is 9.47 Å². The second-order valence-electron chi connectivity index (χ2n) is 5.79. The highest BCUT2D eigenvalue weighted by atomic mass is 16.7. The molecular weight excluding hydrogens is 294 g/mol. The summed E-state index contributed by atoms with van der Waals surface area (Å²) in [5, 5.41) is 0. The summed E-state index contributed by atoms with van der Waals surface area (Å²) in [7, 11) is 0. The van der Waals surface area contributed by atoms with Crippen LogP contribution in [0.15, 0.2) is 36.8 Å². The number of rotatable bonds is 2. The number of benzene rings is 1. The van der Waals surface area contributed by atoms with Gasteiger partial charge in [0.15, 0.2) is 11.5 Å². The van der Waals surface area contributed by atoms with Crippen molar-refractivity contribution in [2.75, 3.05) is 19.9 Å². The van der Waals surface area contributed by atoms with Gasteiger partial charge >= 0.3 is 0 Å². The quantitative estimate of drug-likeness (QED) is 0.851. The Bertz CT molecular complexity index is 720. The zero-order chi connectivity index (χ0) is 15.6. The number of likely N-dealkylation sites (tertiary alicyclic amines) is 1. The smallest absolute Gasteiger partial charge is 0.254 e. The van der Waals surface area contributed by atoms with Crippen molar-refractivity contribution in [1.82, 2.24) is 14.9 Å². The molecule has 0 bridgehead atoms. The van der Waals surface area contributed by atoms with E-state index in [1.165, 1.54) is 0 Å². The first kappa shape index (κ1) is 14.0. The van der Waals surface area contributed by atoms with E-state index in [9.17, 15) is 4.79 Å². The Labute approximate surface area is 134 Å². The minimum absolute atomic E-state index is 0.0297. The second kappa shape index (κ2) is 5.87. The lowest BCUT2D eigenvalue weighted by Crippen LogP contribution is -2.39. The summed E-state index contributed by atoms with van der Waals surface area (Å²) in [4.78, 5) is 23.0. The largest absolute Gasteiger partial charge is 0.454 e. The number of nitrogens with zero attached hydrogens (tertiary/aromatic N) is 3. The molecule has 1 aromatic heterocycles. The average molecular weight is 311 g/mol. The van der Waals surface area contributed by atoms with Crippen molar-refractivity contribution in [3.8, 4) is 11.5 Å². The summed E-state index contributed by atoms with van der Waals surface area (Å²) in [6.07, 6.45) is 5.34. The highest BCUT2D eigenvalue weighted by Crippen LogP contribution is 2.33. The van der Waals surface area contributed by atoms with Crippen LogP contribution in [0, 0.1) is 0 Å². The van der Waals surface area contributed by atoms with Gasteiger partial charge in [-0.05, 0) is 37.1 Å². The van der Waals surface area contributed by atoms with Gasteiger partial charge in [-0.25, -0.2) is 9.97 Å². The molecule has 1 saturated heterocycles. The fourth-order valence-electron chi connectivity index (χ4n) is 3.16. The molecule has 1 aromatic carbocycles. The van der Waals surface area contributed by atoms with Crippen molar-refractivity contribution in [2.24, 2.45) is 0 Å². The Morgan fingerprint density at radius 2 is 2.13 bits per heavy atom. The number of piperidine rings is 1. The molecule has 1 fully saturated rings. The van der Waals surface area contributed by atoms with Crippen LogP contribution in [0.3, 0.4) is 0 Å². The number of amides is 1. The Balaban J connectivity index is 1.52. The van der Waals surface area contributed by atoms with Crippen molar-refractivity contribution in [3.63, 3.8) is 0 Å². The highest BCUT2D eigenvalue weighted by Gasteiger charge is 2.27. The first-order valence-corrected chi connectivity index (χ1v) is 7.76. The van der Waals surface area contributed by atoms with E-state index >= 15 is 0 Å². The molecule has 23 heavy (non-hydrogen) atoms. The summed E-state index contributed by atoms with van der Waals surface area (Å²) < 4.78 is 10.6. The fraction of sp³-hybridized carbons (Fsp3) is 0.353. The molecule has 118 valence electrons. The highest BCUT2D eigenvalue weighted by molar-refractivity contribution is 5.95. The van der Waals surface area contributed by atoms with Gasteiger partial charge in [0.1, 0.15) is 6.33 Å². The van der Waals surface area contributed by atoms with E-state index in [2.05, 4.69) is 9.97 Å². The number of carbonyl (C=O) groups is 1. The molecule has 2 aliphatic heterocycles. The van der Waals surface area contributed by atoms with Crippen LogP contribution >= 0.6 is 0 Å². The molecule has 3 heterocycles. The zero-order valence-electron chi connectivity index (χ0n) is 12.6. The van der Waals surface area contributed by atoms with Crippen LogP contribution in [-0.4, -0.2) is 40.7 Å². The summed E-state index contributed by atoms with van der Waals surface area (Å²) in [6.45, 7) is 1.67. The van der Waals surface area contributed by atoms with Crippen LogP contribution in [0.25, 0.3) is 0 Å². The number of hydrogen-bond donors (Lipinski definition) is 0. The molecular formula is C17H17N3O3. The summed E-state index contributed by atoms with van der Waals surface area (Å²) in [5.41, 5.74) is 1.64. The first-order valence-electron chi connectivity index (χ1n) is 7.76. The standard InChI is InChI=1S/C17H17N3O3/c21-17(12-3-4-15-16(8-12)23-11-22-15)20-7-1-2-13(9-20)14-5-6-18-10-19-14/h3-6,8,10,13H,1-2,7,9,11H2. The topological polar surface area (TPSA) is 64.6 Å². The van der Waals surface area contributed by atoms with E-state index < -0.39 is 0 Å². The van der Waals surface area contributed by atoms with Gasteiger partial charge in [0.25, 0.3) is 5.91 Å². The van der Waals surface area contributed by atoms with E-state index in [-0.39, 0.29) is 18.6 Å². The van der Waals surface area contributed by atoms with E-state index in [0.717, 1.165) is 25.1 Å². The maximum absolute atomic E-state index is 12.8. The van der Waals surface area contributed by atoms with Crippen LogP contribution in [-0.2, 0) is 0 Å². The Kier molecular flexibility index (Phi) is 3.57. The lowest BCUT2D eigenvalue weighted by Gasteiger charge is -2.32. The molecule has 0 saturated carbocycles. The monoisotopic (exact) mass is 311 g/mol. The third kappa shape index (κ3) is 2.72. The summed E-state index contributed by atoms with van der Waals surface area (Å²) in [5.74, 6) is 1.63. The lowest BCUT2D eigenvalue weighted by atomic mass is 9.94. The van der Waals surface area contributed by atoms with Gasteiger partial charge in [0, 0.05) is 36.5 Å². The van der Waals surface area contributed by atoms with Crippen molar-refractivity contribution >= 4 is 5.91 Å². The molecule has 2 aromatic rings. The van der Waals surface area contributed by atoms with Crippen molar-refractivity contribution in [2.45, 2.75) is 18.8 Å². The number of carbonyl (C=O) groups excluding carboxylic acids is 1. The molecule has 0 aliphatic carbocycles. The molecule has 1 amide bonds. The van der Waals surface area contributed by atoms with Gasteiger partial charge in [0.05, 0.1) is 0 Å². The number of fused-ring (bicyclic) bond motifs is 1. The number of ether oxygens (including phenoxy) is 2. The summed E-state index contributed by atoms with van der Waals surface area (Å²) in [6, 6.07) is 7.28. The summed E-state index contributed by atoms with van der Waals surface area (Å²) >= 11 is 0. The van der Waals surface area contributed by atoms with Gasteiger partial charge < -0.3 is 14.4 Å². The van der Waals surface area contributed by atoms with Crippen molar-refractivity contribution < 1.29 is 14.3 Å². The normalized spacial score (nSPS) is 19.7. The van der Waals surface area contributed by atoms with E-state index in [1.54, 1.807) is 30.7 Å². The average Bonchev–Trinajstić information content (AvgIpc) is 3.09. The molecule has 4 rings (SSSR count). The molecule has 6 nitrogen and oxygen atoms in total. The van der Waals surface area contributed by atoms with Gasteiger partial charge in [-0.3, -0.25) is 4.79 Å². The molecule has 2 aliphatic rings. The third-order valence-corrected chi connectivity index (χ3v) is 4.35. The van der Waals surface area contributed by atoms with Gasteiger partial charge in [0.2, 0.25) is 6.79 Å². The predicted molar refractivity (Wildman–Crippen MR) is 82.5 cm³/mol. The van der Waals surface area contributed by atoms with E-state index in [0.29, 0.717) is 23.6 Å². The SMILES string of the molecule is O=C(c1ccc2c(c1)OCO2)N1CCCC(c2ccncn2)C1. The van der Waals surface area contributed by atoms with Crippen LogP contribution in [0.4, 0.5) is 0 Å². The van der Waals surface area contributed by atoms with Crippen LogP contribution in [0.5, 0.6) is 11.5 Å². The molecule has 0 radical (unpaired) electrons. The maximum Gasteiger partial charge on any atom is 0.254 e. The Morgan fingerprint density at radius 1 is 1.22 bits per heavy atom. The van der Waals surface area contributed by atoms with Crippen LogP contribution in [0.1, 0.15) is 34.8 Å². The van der Waals surface area contributed by atoms with Gasteiger partial charge in [-0.2, -0.15) is 0 Å². The first-order chi connectivity index (χ1) is 11.3. The fourth-order valence-corrected chi connectivity index (χ4v) is 3.16. The van der Waals surface area contributed by atoms with Crippen molar-refractivity contribution in [1.29, 1.82) is 0 Å². The molecule has 6 heteroatoms. The van der Waals surface area contributed by atoms with E-state index in [4.69, 9.17) is 9.47 Å². The van der Waals surface area contributed by atoms with Crippen molar-refractivity contribution in [3.05, 3.63) is 48.0 Å². The van der Waals surface area contributed by atoms with E-state index in [1.807, 2.05) is 11.0 Å². The molecule has 0 spiro atoms. The Morgan fingerprint density at radius 3 is 3.00 bits per heavy atom. The lowest BCUT2D eigenvalue weighted by molar-refractivity contribution is 0.0705. The number of hydrogen-bond acceptors (Lipinski definition) is 5. The molecule has 0 N–H and O–H groups in total. The second-order valence-corrected chi connectivity index (χ2v) is 5.79.